The maximum absolute atomic E-state index is 11.5. The third-order valence-electron chi connectivity index (χ3n) is 3.12. The van der Waals surface area contributed by atoms with Crippen molar-refractivity contribution in [3.05, 3.63) is 35.5 Å². The van der Waals surface area contributed by atoms with Crippen molar-refractivity contribution in [1.82, 2.24) is 4.57 Å². The van der Waals surface area contributed by atoms with Crippen molar-refractivity contribution in [2.75, 3.05) is 7.11 Å². The number of nitrogens with two attached hydrogens (primary N) is 1. The summed E-state index contributed by atoms with van der Waals surface area (Å²) in [5, 5.41) is 1.12. The maximum atomic E-state index is 11.5. The summed E-state index contributed by atoms with van der Waals surface area (Å²) < 4.78 is 6.60. The van der Waals surface area contributed by atoms with Crippen molar-refractivity contribution in [3.63, 3.8) is 0 Å². The highest BCUT2D eigenvalue weighted by Gasteiger charge is 2.20. The molecule has 0 aliphatic carbocycles. The summed E-state index contributed by atoms with van der Waals surface area (Å²) in [5.74, 6) is -0.423. The standard InChI is InChI=1S/C13H16N2O2/c1-8-5-4-6-10-9(8)7-11(15(10)2)12(14)13(16)17-3/h4-7,12H,14H2,1-3H3. The quantitative estimate of drug-likeness (QED) is 0.801. The number of rotatable bonds is 2. The van der Waals surface area contributed by atoms with Gasteiger partial charge in [0.25, 0.3) is 0 Å². The van der Waals surface area contributed by atoms with Crippen LogP contribution < -0.4 is 5.73 Å². The van der Waals surface area contributed by atoms with Gasteiger partial charge in [0.2, 0.25) is 0 Å². The number of carbonyl (C=O) groups excluding carboxylic acids is 1. The molecule has 0 amide bonds. The zero-order valence-electron chi connectivity index (χ0n) is 10.2. The molecule has 4 nitrogen and oxygen atoms in total. The molecule has 0 fully saturated rings. The number of ether oxygens (including phenoxy) is 1. The molecule has 0 saturated heterocycles. The Kier molecular flexibility index (Phi) is 2.90. The predicted octanol–water partition coefficient (Wildman–Crippen LogP) is 1.66. The first-order chi connectivity index (χ1) is 8.06. The summed E-state index contributed by atoms with van der Waals surface area (Å²) >= 11 is 0. The molecule has 1 unspecified atom stereocenters. The Balaban J connectivity index is 2.60. The van der Waals surface area contributed by atoms with Crippen LogP contribution in [0.2, 0.25) is 0 Å². The second-order valence-electron chi connectivity index (χ2n) is 4.14. The van der Waals surface area contributed by atoms with Crippen molar-refractivity contribution >= 4 is 16.9 Å². The van der Waals surface area contributed by atoms with Gasteiger partial charge in [0, 0.05) is 23.6 Å². The molecule has 2 aromatic rings. The van der Waals surface area contributed by atoms with Crippen LogP contribution in [-0.2, 0) is 16.6 Å². The first-order valence-electron chi connectivity index (χ1n) is 5.44. The van der Waals surface area contributed by atoms with E-state index in [0.717, 1.165) is 16.6 Å². The van der Waals surface area contributed by atoms with Crippen molar-refractivity contribution in [2.24, 2.45) is 12.8 Å². The first kappa shape index (κ1) is 11.7. The number of carbonyl (C=O) groups is 1. The molecule has 0 radical (unpaired) electrons. The normalized spacial score (nSPS) is 12.7. The molecule has 0 bridgehead atoms. The Bertz CT molecular complexity index is 572. The Morgan fingerprint density at radius 2 is 2.18 bits per heavy atom. The number of hydrogen-bond acceptors (Lipinski definition) is 3. The van der Waals surface area contributed by atoms with Gasteiger partial charge in [0.1, 0.15) is 6.04 Å². The lowest BCUT2D eigenvalue weighted by atomic mass is 10.1. The third kappa shape index (κ3) is 1.80. The second kappa shape index (κ2) is 4.22. The average Bonchev–Trinajstić information content (AvgIpc) is 2.67. The topological polar surface area (TPSA) is 57.2 Å². The molecule has 4 heteroatoms. The highest BCUT2D eigenvalue weighted by atomic mass is 16.5. The molecule has 1 aromatic carbocycles. The second-order valence-corrected chi connectivity index (χ2v) is 4.14. The zero-order chi connectivity index (χ0) is 12.6. The predicted molar refractivity (Wildman–Crippen MR) is 66.6 cm³/mol. The fourth-order valence-corrected chi connectivity index (χ4v) is 2.08. The Labute approximate surface area is 100.0 Å². The Hall–Kier alpha value is -1.81. The van der Waals surface area contributed by atoms with Gasteiger partial charge < -0.3 is 15.0 Å². The van der Waals surface area contributed by atoms with E-state index in [1.54, 1.807) is 0 Å². The van der Waals surface area contributed by atoms with Crippen LogP contribution in [0.25, 0.3) is 10.9 Å². The van der Waals surface area contributed by atoms with E-state index in [-0.39, 0.29) is 0 Å². The first-order valence-corrected chi connectivity index (χ1v) is 5.44. The van der Waals surface area contributed by atoms with E-state index >= 15 is 0 Å². The van der Waals surface area contributed by atoms with Gasteiger partial charge in [-0.05, 0) is 24.6 Å². The van der Waals surface area contributed by atoms with Gasteiger partial charge in [0.15, 0.2) is 0 Å². The van der Waals surface area contributed by atoms with E-state index in [4.69, 9.17) is 5.73 Å². The summed E-state index contributed by atoms with van der Waals surface area (Å²) in [4.78, 5) is 11.5. The van der Waals surface area contributed by atoms with Gasteiger partial charge in [-0.25, -0.2) is 4.79 Å². The lowest BCUT2D eigenvalue weighted by Crippen LogP contribution is -2.24. The van der Waals surface area contributed by atoms with Crippen LogP contribution in [-0.4, -0.2) is 17.6 Å². The smallest absolute Gasteiger partial charge is 0.328 e. The van der Waals surface area contributed by atoms with E-state index < -0.39 is 12.0 Å². The maximum Gasteiger partial charge on any atom is 0.328 e. The molecule has 17 heavy (non-hydrogen) atoms. The largest absolute Gasteiger partial charge is 0.468 e. The van der Waals surface area contributed by atoms with Crippen molar-refractivity contribution in [3.8, 4) is 0 Å². The molecular formula is C13H16N2O2. The fraction of sp³-hybridized carbons (Fsp3) is 0.308. The molecule has 0 spiro atoms. The molecule has 1 heterocycles. The highest BCUT2D eigenvalue weighted by molar-refractivity contribution is 5.87. The Morgan fingerprint density at radius 3 is 2.76 bits per heavy atom. The molecule has 0 saturated carbocycles. The van der Waals surface area contributed by atoms with Crippen LogP contribution in [0.4, 0.5) is 0 Å². The fourth-order valence-electron chi connectivity index (χ4n) is 2.08. The number of aryl methyl sites for hydroxylation is 2. The van der Waals surface area contributed by atoms with Crippen LogP contribution >= 0.6 is 0 Å². The van der Waals surface area contributed by atoms with E-state index in [2.05, 4.69) is 4.74 Å². The lowest BCUT2D eigenvalue weighted by Gasteiger charge is -2.10. The van der Waals surface area contributed by atoms with Gasteiger partial charge in [-0.15, -0.1) is 0 Å². The lowest BCUT2D eigenvalue weighted by molar-refractivity contribution is -0.142. The third-order valence-corrected chi connectivity index (χ3v) is 3.12. The minimum Gasteiger partial charge on any atom is -0.468 e. The molecule has 90 valence electrons. The van der Waals surface area contributed by atoms with Crippen LogP contribution in [0.15, 0.2) is 24.3 Å². The molecular weight excluding hydrogens is 216 g/mol. The van der Waals surface area contributed by atoms with Crippen molar-refractivity contribution in [2.45, 2.75) is 13.0 Å². The van der Waals surface area contributed by atoms with E-state index in [1.165, 1.54) is 12.7 Å². The molecule has 0 aliphatic rings. The number of fused-ring (bicyclic) bond motifs is 1. The summed E-state index contributed by atoms with van der Waals surface area (Å²) in [6.07, 6.45) is 0. The molecule has 1 atom stereocenters. The van der Waals surface area contributed by atoms with Crippen LogP contribution in [0.1, 0.15) is 17.3 Å². The van der Waals surface area contributed by atoms with Gasteiger partial charge in [-0.1, -0.05) is 12.1 Å². The van der Waals surface area contributed by atoms with Crippen LogP contribution in [0.3, 0.4) is 0 Å². The Morgan fingerprint density at radius 1 is 1.47 bits per heavy atom. The number of hydrogen-bond donors (Lipinski definition) is 1. The number of esters is 1. The van der Waals surface area contributed by atoms with Crippen LogP contribution in [0, 0.1) is 6.92 Å². The van der Waals surface area contributed by atoms with Gasteiger partial charge in [0.05, 0.1) is 7.11 Å². The average molecular weight is 232 g/mol. The van der Waals surface area contributed by atoms with Gasteiger partial charge in [-0.2, -0.15) is 0 Å². The zero-order valence-corrected chi connectivity index (χ0v) is 10.2. The summed E-state index contributed by atoms with van der Waals surface area (Å²) in [7, 11) is 3.25. The summed E-state index contributed by atoms with van der Waals surface area (Å²) in [6.45, 7) is 2.04. The van der Waals surface area contributed by atoms with Crippen molar-refractivity contribution < 1.29 is 9.53 Å². The number of aromatic nitrogens is 1. The van der Waals surface area contributed by atoms with E-state index in [1.807, 2.05) is 42.8 Å². The molecule has 2 rings (SSSR count). The van der Waals surface area contributed by atoms with Crippen LogP contribution in [0.5, 0.6) is 0 Å². The summed E-state index contributed by atoms with van der Waals surface area (Å²) in [6, 6.07) is 7.25. The van der Waals surface area contributed by atoms with Crippen molar-refractivity contribution in [1.29, 1.82) is 0 Å². The molecule has 2 N–H and O–H groups in total. The summed E-state index contributed by atoms with van der Waals surface area (Å²) in [5.41, 5.74) is 8.87. The van der Waals surface area contributed by atoms with E-state index in [0.29, 0.717) is 0 Å². The highest BCUT2D eigenvalue weighted by Crippen LogP contribution is 2.25. The minimum atomic E-state index is -0.739. The number of methoxy groups -OCH3 is 1. The number of nitrogens with zero attached hydrogens (tertiary/aromatic N) is 1. The minimum absolute atomic E-state index is 0.423. The van der Waals surface area contributed by atoms with Gasteiger partial charge >= 0.3 is 5.97 Å². The van der Waals surface area contributed by atoms with Gasteiger partial charge in [-0.3, -0.25) is 0 Å². The SMILES string of the molecule is COC(=O)C(N)c1cc2c(C)cccc2n1C. The van der Waals surface area contributed by atoms with E-state index in [9.17, 15) is 4.79 Å². The molecule has 1 aromatic heterocycles. The monoisotopic (exact) mass is 232 g/mol. The molecule has 0 aliphatic heterocycles. The number of benzene rings is 1.